The van der Waals surface area contributed by atoms with Crippen molar-refractivity contribution < 1.29 is 123 Å². The first-order valence-electron chi connectivity index (χ1n) is 36.7. The van der Waals surface area contributed by atoms with E-state index in [-0.39, 0.29) is 31.6 Å². The molecule has 0 radical (unpaired) electrons. The standard InChI is InChI=1S/3C23H31N2O8PS2/c3*1-13(2)31-22(28)15(4)12-34(29,33-16-8-6-5-7-9-16)30-11-17-18(26)19(27)21(32-17)25-10-14(3)20(35)24-23(25)36/h3*5-10,13,15,17-19,21,26-27H,11-12H2,1-4H3,(H,24,35,36)/t15-,17+,18?,19-,21+,34?;15-,17+,18?,19-,21+,34+;15-,17+,18?,19-,21+,34-/m111/s1/i3*11D2. The lowest BCUT2D eigenvalue weighted by atomic mass is 10.1. The molecule has 3 aliphatic heterocycles. The zero-order valence-corrected chi connectivity index (χ0v) is 68.2. The Labute approximate surface area is 663 Å². The Bertz CT molecular complexity index is 4390. The van der Waals surface area contributed by atoms with E-state index < -0.39 is 189 Å². The number of hydrogen-bond donors (Lipinski definition) is 9. The number of carbonyl (C=O) groups is 3. The fourth-order valence-electron chi connectivity index (χ4n) is 10.2. The van der Waals surface area contributed by atoms with Crippen LogP contribution >= 0.6 is 96.1 Å². The first kappa shape index (κ1) is 80.3. The summed E-state index contributed by atoms with van der Waals surface area (Å²) < 4.78 is 164. The predicted molar refractivity (Wildman–Crippen MR) is 411 cm³/mol. The Hall–Kier alpha value is -5.76. The molecule has 9 rings (SSSR count). The summed E-state index contributed by atoms with van der Waals surface area (Å²) in [5, 5.41) is 64.3. The maximum Gasteiger partial charge on any atom is 0.380 e. The van der Waals surface area contributed by atoms with E-state index in [2.05, 4.69) is 15.0 Å². The summed E-state index contributed by atoms with van der Waals surface area (Å²) >= 11 is 31.2. The van der Waals surface area contributed by atoms with E-state index in [9.17, 15) is 58.7 Å². The SMILES string of the molecule is [2H]C([2H])(OP(=O)(C[C@@H](C)C(=O)OC(C)C)Oc1ccccc1)[C@@H]1O[C@H](n2cc(C)c(=S)[nH]c2=S)[C@H](O)C1O.[2H]C([2H])(O[P@@](=O)(C[C@@H](C)C(=O)OC(C)C)Oc1ccccc1)[C@@H]1O[C@H](n2cc(C)c(=S)[nH]c2=S)[C@H](O)C1O.[2H]C([2H])(O[P@](=O)(C[C@@H](C)C(=O)OC(C)C)Oc1ccccc1)[C@@H]1O[C@H](n2cc(C)c(=S)[nH]c2=S)[C@H](O)C1O. The number of aromatic amines is 3. The molecule has 3 aliphatic rings. The lowest BCUT2D eigenvalue weighted by molar-refractivity contribution is -0.152. The van der Waals surface area contributed by atoms with E-state index in [1.807, 2.05) is 0 Å². The van der Waals surface area contributed by atoms with Crippen molar-refractivity contribution in [1.29, 1.82) is 0 Å². The summed E-state index contributed by atoms with van der Waals surface area (Å²) in [7, 11) is -13.3. The molecule has 0 spiro atoms. The van der Waals surface area contributed by atoms with Crippen LogP contribution in [0.1, 0.15) is 106 Å². The second-order valence-electron chi connectivity index (χ2n) is 26.1. The molecule has 9 N–H and O–H groups in total. The number of nitrogens with one attached hydrogen (secondary N) is 3. The number of aliphatic hydroxyl groups is 6. The van der Waals surface area contributed by atoms with Crippen molar-refractivity contribution >= 4 is 114 Å². The van der Waals surface area contributed by atoms with Gasteiger partial charge in [-0.1, -0.05) is 112 Å². The molecule has 3 aromatic carbocycles. The van der Waals surface area contributed by atoms with Crippen LogP contribution in [0.25, 0.3) is 0 Å². The number of ether oxygens (including phenoxy) is 6. The first-order chi connectivity index (χ1) is 52.9. The summed E-state index contributed by atoms with van der Waals surface area (Å²) in [6, 6.07) is 23.8. The second-order valence-corrected chi connectivity index (χ2v) is 34.3. The number of aromatic nitrogens is 6. The first-order valence-corrected chi connectivity index (χ1v) is 41.3. The molecule has 0 bridgehead atoms. The highest BCUT2D eigenvalue weighted by molar-refractivity contribution is 7.72. The van der Waals surface area contributed by atoms with Crippen LogP contribution in [0.4, 0.5) is 0 Å². The van der Waals surface area contributed by atoms with Crippen LogP contribution in [0.15, 0.2) is 110 Å². The fourth-order valence-corrected chi connectivity index (χ4v) is 16.7. The summed E-state index contributed by atoms with van der Waals surface area (Å²) in [6.45, 7) is 10.6. The Kier molecular flexibility index (Phi) is 29.8. The highest BCUT2D eigenvalue weighted by Gasteiger charge is 2.49. The minimum absolute atomic E-state index is 0.0783. The largest absolute Gasteiger partial charge is 0.463 e. The van der Waals surface area contributed by atoms with Gasteiger partial charge in [0.2, 0.25) is 0 Å². The van der Waals surface area contributed by atoms with Crippen molar-refractivity contribution in [3.63, 3.8) is 0 Å². The number of carbonyl (C=O) groups excluding carboxylic acids is 3. The normalized spacial score (nSPS) is 25.5. The zero-order valence-electron chi connectivity index (χ0n) is 66.6. The number of nitrogens with zero attached hydrogens (tertiary/aromatic N) is 3. The van der Waals surface area contributed by atoms with Gasteiger partial charge in [-0.3, -0.25) is 41.7 Å². The Morgan fingerprint density at radius 2 is 0.639 bits per heavy atom. The van der Waals surface area contributed by atoms with Gasteiger partial charge < -0.3 is 87.6 Å². The third-order valence-corrected chi connectivity index (χ3v) is 23.4. The van der Waals surface area contributed by atoms with Crippen molar-refractivity contribution in [3.8, 4) is 17.2 Å². The van der Waals surface area contributed by atoms with Gasteiger partial charge in [-0.15, -0.1) is 0 Å². The van der Waals surface area contributed by atoms with Crippen LogP contribution in [-0.4, -0.2) is 189 Å². The Morgan fingerprint density at radius 1 is 0.417 bits per heavy atom. The van der Waals surface area contributed by atoms with Crippen molar-refractivity contribution in [2.24, 2.45) is 17.8 Å². The summed E-state index contributed by atoms with van der Waals surface area (Å²) in [6.07, 6.45) is -17.9. The fraction of sp³-hybridized carbons (Fsp3) is 0.522. The third-order valence-electron chi connectivity index (χ3n) is 15.6. The van der Waals surface area contributed by atoms with Gasteiger partial charge in [-0.2, -0.15) is 0 Å². The number of rotatable bonds is 30. The molecule has 3 saturated heterocycles. The van der Waals surface area contributed by atoms with Crippen molar-refractivity contribution in [3.05, 3.63) is 155 Å². The van der Waals surface area contributed by atoms with Crippen molar-refractivity contribution in [2.45, 2.75) is 175 Å². The molecule has 108 heavy (non-hydrogen) atoms. The topological polar surface area (TPSA) is 397 Å². The Balaban J connectivity index is 0.000000237. The molecule has 0 saturated carbocycles. The van der Waals surface area contributed by atoms with Gasteiger partial charge in [0.05, 0.1) is 82.5 Å². The van der Waals surface area contributed by atoms with Gasteiger partial charge in [-0.25, -0.2) is 13.7 Å². The maximum absolute atomic E-state index is 13.9. The van der Waals surface area contributed by atoms with Gasteiger partial charge in [-0.05, 0) is 135 Å². The number of H-pyrrole nitrogens is 3. The quantitative estimate of drug-likeness (QED) is 0.00875. The van der Waals surface area contributed by atoms with E-state index in [1.165, 1.54) is 89.5 Å². The highest BCUT2D eigenvalue weighted by atomic mass is 32.1. The number of aliphatic hydroxyl groups excluding tert-OH is 6. The van der Waals surface area contributed by atoms with Crippen LogP contribution in [0, 0.1) is 66.8 Å². The predicted octanol–water partition coefficient (Wildman–Crippen LogP) is 12.2. The average molecular weight is 1680 g/mol. The van der Waals surface area contributed by atoms with Crippen LogP contribution in [0.5, 0.6) is 17.2 Å². The number of hydrogen-bond acceptors (Lipinski definition) is 30. The third kappa shape index (κ3) is 25.1. The molecule has 4 unspecified atom stereocenters. The lowest BCUT2D eigenvalue weighted by Gasteiger charge is -2.24. The summed E-state index contributed by atoms with van der Waals surface area (Å²) in [5.41, 5.74) is 1.80. The van der Waals surface area contributed by atoms with E-state index >= 15 is 0 Å². The molecule has 0 aliphatic carbocycles. The molecule has 3 fully saturated rings. The van der Waals surface area contributed by atoms with E-state index in [4.69, 9.17) is 137 Å². The van der Waals surface area contributed by atoms with Crippen LogP contribution < -0.4 is 13.6 Å². The van der Waals surface area contributed by atoms with Gasteiger partial charge >= 0.3 is 40.7 Å². The molecule has 39 heteroatoms. The maximum atomic E-state index is 13.9. The average Bonchev–Trinajstić information content (AvgIpc) is 1.69. The van der Waals surface area contributed by atoms with Gasteiger partial charge in [0, 0.05) is 35.3 Å². The summed E-state index contributed by atoms with van der Waals surface area (Å²) in [4.78, 5) is 45.6. The molecule has 594 valence electrons. The van der Waals surface area contributed by atoms with Gasteiger partial charge in [0.15, 0.2) is 33.0 Å². The minimum atomic E-state index is -4.43. The molecule has 6 heterocycles. The molecule has 18 atom stereocenters. The van der Waals surface area contributed by atoms with E-state index in [1.54, 1.807) is 117 Å². The van der Waals surface area contributed by atoms with Crippen molar-refractivity contribution in [1.82, 2.24) is 28.7 Å². The molecular formula is C69H93N6O24P3S6. The number of benzene rings is 3. The highest BCUT2D eigenvalue weighted by Crippen LogP contribution is 2.54. The Morgan fingerprint density at radius 3 is 0.852 bits per heavy atom. The summed E-state index contributed by atoms with van der Waals surface area (Å²) in [5.74, 6) is -4.60. The van der Waals surface area contributed by atoms with Gasteiger partial charge in [0.25, 0.3) is 0 Å². The number of para-hydroxylation sites is 3. The van der Waals surface area contributed by atoms with Crippen LogP contribution in [0.2, 0.25) is 0 Å². The van der Waals surface area contributed by atoms with Crippen LogP contribution in [-0.2, 0) is 70.1 Å². The molecule has 6 aromatic rings. The lowest BCUT2D eigenvalue weighted by Crippen LogP contribution is -2.34. The number of esters is 3. The minimum Gasteiger partial charge on any atom is -0.463 e. The number of aryl methyl sites for hydroxylation is 3. The zero-order chi connectivity index (χ0) is 85.2. The second kappa shape index (κ2) is 40.1. The molecular weight excluding hydrogens is 1580 g/mol. The smallest absolute Gasteiger partial charge is 0.380 e. The van der Waals surface area contributed by atoms with E-state index in [0.29, 0.717) is 30.6 Å². The van der Waals surface area contributed by atoms with Crippen molar-refractivity contribution in [2.75, 3.05) is 38.2 Å². The monoisotopic (exact) mass is 1680 g/mol. The molecule has 30 nitrogen and oxygen atoms in total. The van der Waals surface area contributed by atoms with Gasteiger partial charge in [0.1, 0.15) is 86.1 Å². The van der Waals surface area contributed by atoms with E-state index in [0.717, 1.165) is 0 Å². The van der Waals surface area contributed by atoms with Crippen LogP contribution in [0.3, 0.4) is 0 Å². The molecule has 0 amide bonds. The molecule has 3 aromatic heterocycles.